The van der Waals surface area contributed by atoms with Crippen LogP contribution in [-0.4, -0.2) is 52.8 Å². The van der Waals surface area contributed by atoms with Crippen molar-refractivity contribution in [3.63, 3.8) is 0 Å². The smallest absolute Gasteiger partial charge is 0.193 e. The molecule has 1 aromatic carbocycles. The molecule has 6 nitrogen and oxygen atoms in total. The summed E-state index contributed by atoms with van der Waals surface area (Å²) in [6.45, 7) is 1.42. The van der Waals surface area contributed by atoms with E-state index in [-0.39, 0.29) is 24.0 Å². The second-order valence-electron chi connectivity index (χ2n) is 5.66. The van der Waals surface area contributed by atoms with Crippen LogP contribution in [0.25, 0.3) is 0 Å². The minimum Gasteiger partial charge on any atom is -0.496 e. The molecule has 1 aromatic heterocycles. The Morgan fingerprint density at radius 3 is 2.30 bits per heavy atom. The lowest BCUT2D eigenvalue weighted by atomic mass is 10.1. The molecule has 0 saturated heterocycles. The molecule has 0 bridgehead atoms. The van der Waals surface area contributed by atoms with E-state index in [1.807, 2.05) is 19.2 Å². The third kappa shape index (κ3) is 6.46. The average molecular weight is 505 g/mol. The van der Waals surface area contributed by atoms with E-state index in [0.29, 0.717) is 23.8 Å². The summed E-state index contributed by atoms with van der Waals surface area (Å²) >= 11 is 1.78. The molecular formula is C19H28IN3O3S. The number of halogens is 1. The highest BCUT2D eigenvalue weighted by Gasteiger charge is 2.15. The van der Waals surface area contributed by atoms with Crippen molar-refractivity contribution < 1.29 is 14.2 Å². The summed E-state index contributed by atoms with van der Waals surface area (Å²) < 4.78 is 16.3. The molecule has 2 rings (SSSR count). The van der Waals surface area contributed by atoms with Crippen LogP contribution in [-0.2, 0) is 13.0 Å². The quantitative estimate of drug-likeness (QED) is 0.338. The highest BCUT2D eigenvalue weighted by Crippen LogP contribution is 2.33. The second kappa shape index (κ2) is 11.9. The van der Waals surface area contributed by atoms with Gasteiger partial charge in [-0.05, 0) is 17.9 Å². The zero-order valence-electron chi connectivity index (χ0n) is 16.4. The van der Waals surface area contributed by atoms with Gasteiger partial charge in [0.1, 0.15) is 17.2 Å². The number of benzene rings is 1. The van der Waals surface area contributed by atoms with Crippen LogP contribution >= 0.6 is 35.3 Å². The van der Waals surface area contributed by atoms with Crippen LogP contribution in [0, 0.1) is 0 Å². The van der Waals surface area contributed by atoms with Crippen molar-refractivity contribution in [3.8, 4) is 17.2 Å². The fraction of sp³-hybridized carbons (Fsp3) is 0.421. The number of nitrogens with zero attached hydrogens (tertiary/aromatic N) is 2. The van der Waals surface area contributed by atoms with E-state index in [1.165, 1.54) is 4.88 Å². The number of hydrogen-bond donors (Lipinski definition) is 1. The van der Waals surface area contributed by atoms with Crippen molar-refractivity contribution in [2.75, 3.05) is 42.0 Å². The maximum absolute atomic E-state index is 5.50. The van der Waals surface area contributed by atoms with Crippen molar-refractivity contribution in [1.29, 1.82) is 0 Å². The lowest BCUT2D eigenvalue weighted by Gasteiger charge is -2.23. The molecule has 0 radical (unpaired) electrons. The van der Waals surface area contributed by atoms with Gasteiger partial charge in [0, 0.05) is 37.6 Å². The van der Waals surface area contributed by atoms with Crippen LogP contribution in [0.1, 0.15) is 10.4 Å². The Kier molecular flexibility index (Phi) is 10.3. The number of rotatable bonds is 8. The maximum Gasteiger partial charge on any atom is 0.193 e. The highest BCUT2D eigenvalue weighted by molar-refractivity contribution is 14.0. The number of guanidine groups is 1. The summed E-state index contributed by atoms with van der Waals surface area (Å²) in [6.07, 6.45) is 0.990. The van der Waals surface area contributed by atoms with E-state index in [4.69, 9.17) is 14.2 Å². The molecule has 0 spiro atoms. The maximum atomic E-state index is 5.50. The Labute approximate surface area is 182 Å². The molecule has 0 atom stereocenters. The van der Waals surface area contributed by atoms with Crippen LogP contribution in [0.5, 0.6) is 17.2 Å². The first-order valence-electron chi connectivity index (χ1n) is 8.36. The van der Waals surface area contributed by atoms with E-state index in [1.54, 1.807) is 39.7 Å². The van der Waals surface area contributed by atoms with Gasteiger partial charge in [-0.15, -0.1) is 35.3 Å². The molecule has 0 aliphatic heterocycles. The highest BCUT2D eigenvalue weighted by atomic mass is 127. The zero-order valence-corrected chi connectivity index (χ0v) is 19.6. The molecule has 0 unspecified atom stereocenters. The number of thiophene rings is 1. The molecule has 0 aliphatic carbocycles. The first-order chi connectivity index (χ1) is 12.6. The molecule has 27 heavy (non-hydrogen) atoms. The first-order valence-corrected chi connectivity index (χ1v) is 9.24. The van der Waals surface area contributed by atoms with Crippen molar-refractivity contribution in [2.45, 2.75) is 13.0 Å². The number of hydrogen-bond acceptors (Lipinski definition) is 5. The van der Waals surface area contributed by atoms with Crippen molar-refractivity contribution in [2.24, 2.45) is 4.99 Å². The normalized spacial score (nSPS) is 10.8. The summed E-state index contributed by atoms with van der Waals surface area (Å²) in [5.74, 6) is 2.94. The Balaban J connectivity index is 0.00000364. The average Bonchev–Trinajstić information content (AvgIpc) is 3.19. The number of likely N-dealkylation sites (N-methyl/N-ethyl adjacent to an activating group) is 1. The monoisotopic (exact) mass is 505 g/mol. The predicted molar refractivity (Wildman–Crippen MR) is 122 cm³/mol. The molecule has 1 heterocycles. The summed E-state index contributed by atoms with van der Waals surface area (Å²) in [6, 6.07) is 7.93. The second-order valence-corrected chi connectivity index (χ2v) is 6.69. The molecule has 0 amide bonds. The van der Waals surface area contributed by atoms with Crippen LogP contribution in [0.3, 0.4) is 0 Å². The van der Waals surface area contributed by atoms with E-state index in [2.05, 4.69) is 32.7 Å². The summed E-state index contributed by atoms with van der Waals surface area (Å²) in [7, 11) is 8.72. The van der Waals surface area contributed by atoms with E-state index in [0.717, 1.165) is 24.5 Å². The van der Waals surface area contributed by atoms with Gasteiger partial charge in [-0.25, -0.2) is 0 Å². The molecule has 0 fully saturated rings. The Morgan fingerprint density at radius 1 is 1.15 bits per heavy atom. The van der Waals surface area contributed by atoms with Gasteiger partial charge < -0.3 is 24.4 Å². The van der Waals surface area contributed by atoms with Gasteiger partial charge in [0.05, 0.1) is 33.4 Å². The lowest BCUT2D eigenvalue weighted by Crippen LogP contribution is -2.39. The molecular weight excluding hydrogens is 477 g/mol. The van der Waals surface area contributed by atoms with Crippen LogP contribution < -0.4 is 19.5 Å². The van der Waals surface area contributed by atoms with Crippen LogP contribution in [0.15, 0.2) is 34.6 Å². The fourth-order valence-corrected chi connectivity index (χ4v) is 3.34. The number of methoxy groups -OCH3 is 3. The molecule has 150 valence electrons. The van der Waals surface area contributed by atoms with Gasteiger partial charge in [-0.3, -0.25) is 4.99 Å². The van der Waals surface area contributed by atoms with E-state index in [9.17, 15) is 0 Å². The molecule has 0 saturated carbocycles. The Morgan fingerprint density at radius 2 is 1.81 bits per heavy atom. The Bertz CT molecular complexity index is 698. The minimum atomic E-state index is 0. The topological polar surface area (TPSA) is 55.3 Å². The minimum absolute atomic E-state index is 0. The molecule has 1 N–H and O–H groups in total. The van der Waals surface area contributed by atoms with Crippen molar-refractivity contribution >= 4 is 41.3 Å². The summed E-state index contributed by atoms with van der Waals surface area (Å²) in [4.78, 5) is 7.86. The molecule has 8 heteroatoms. The number of aliphatic imine (C=N–C) groups is 1. The third-order valence-electron chi connectivity index (χ3n) is 4.09. The van der Waals surface area contributed by atoms with Crippen molar-refractivity contribution in [1.82, 2.24) is 10.2 Å². The van der Waals surface area contributed by atoms with Gasteiger partial charge >= 0.3 is 0 Å². The van der Waals surface area contributed by atoms with Crippen LogP contribution in [0.2, 0.25) is 0 Å². The fourth-order valence-electron chi connectivity index (χ4n) is 2.64. The Hall–Kier alpha value is -1.68. The van der Waals surface area contributed by atoms with E-state index >= 15 is 0 Å². The van der Waals surface area contributed by atoms with Crippen LogP contribution in [0.4, 0.5) is 0 Å². The van der Waals surface area contributed by atoms with Gasteiger partial charge in [0.15, 0.2) is 5.96 Å². The van der Waals surface area contributed by atoms with Crippen molar-refractivity contribution in [3.05, 3.63) is 40.1 Å². The molecule has 2 aromatic rings. The number of nitrogens with one attached hydrogen (secondary N) is 1. The van der Waals surface area contributed by atoms with E-state index < -0.39 is 0 Å². The standard InChI is InChI=1S/C19H27N3O3S.HI/c1-20-19(22(2)9-8-15-7-6-10-26-15)21-13-16-17(24-4)11-14(23-3)12-18(16)25-5;/h6-7,10-12H,8-9,13H2,1-5H3,(H,20,21);1H. The van der Waals surface area contributed by atoms with Gasteiger partial charge in [-0.2, -0.15) is 0 Å². The largest absolute Gasteiger partial charge is 0.496 e. The first kappa shape index (κ1) is 23.4. The predicted octanol–water partition coefficient (Wildman–Crippen LogP) is 3.64. The number of ether oxygens (including phenoxy) is 3. The van der Waals surface area contributed by atoms with Gasteiger partial charge in [-0.1, -0.05) is 6.07 Å². The van der Waals surface area contributed by atoms with Gasteiger partial charge in [0.25, 0.3) is 0 Å². The zero-order chi connectivity index (χ0) is 18.9. The SMILES string of the molecule is CN=C(NCc1c(OC)cc(OC)cc1OC)N(C)CCc1cccs1.I. The summed E-state index contributed by atoms with van der Waals surface area (Å²) in [5.41, 5.74) is 0.920. The molecule has 0 aliphatic rings. The lowest BCUT2D eigenvalue weighted by molar-refractivity contribution is 0.367. The van der Waals surface area contributed by atoms with Gasteiger partial charge in [0.2, 0.25) is 0 Å². The third-order valence-corrected chi connectivity index (χ3v) is 5.02. The summed E-state index contributed by atoms with van der Waals surface area (Å²) in [5, 5.41) is 5.48.